The summed E-state index contributed by atoms with van der Waals surface area (Å²) in [5.41, 5.74) is 4.38. The Morgan fingerprint density at radius 2 is 1.79 bits per heavy atom. The van der Waals surface area contributed by atoms with Crippen molar-refractivity contribution in [2.45, 2.75) is 6.92 Å². The van der Waals surface area contributed by atoms with E-state index in [-0.39, 0.29) is 5.78 Å². The molecule has 0 aliphatic carbocycles. The molecule has 24 heavy (non-hydrogen) atoms. The van der Waals surface area contributed by atoms with Crippen LogP contribution in [0.1, 0.15) is 21.6 Å². The van der Waals surface area contributed by atoms with Crippen molar-refractivity contribution in [3.63, 3.8) is 0 Å². The zero-order chi connectivity index (χ0) is 16.5. The lowest BCUT2D eigenvalue weighted by Gasteiger charge is -2.06. The van der Waals surface area contributed by atoms with E-state index in [1.165, 1.54) is 0 Å². The number of carbonyl (C=O) groups is 1. The number of pyridine rings is 1. The summed E-state index contributed by atoms with van der Waals surface area (Å²) in [6.45, 7) is 1.91. The first-order chi connectivity index (χ1) is 11.7. The number of benzene rings is 1. The topological polar surface area (TPSA) is 60.2 Å². The molecule has 1 aromatic carbocycles. The Morgan fingerprint density at radius 3 is 2.54 bits per heavy atom. The molecule has 0 fully saturated rings. The van der Waals surface area contributed by atoms with Crippen molar-refractivity contribution in [3.8, 4) is 11.3 Å². The summed E-state index contributed by atoms with van der Waals surface area (Å²) < 4.78 is 1.71. The highest BCUT2D eigenvalue weighted by atomic mass is 16.1. The monoisotopic (exact) mass is 314 g/mol. The van der Waals surface area contributed by atoms with E-state index in [4.69, 9.17) is 0 Å². The maximum Gasteiger partial charge on any atom is 0.198 e. The number of carbonyl (C=O) groups excluding carboxylic acids is 1. The number of ketones is 1. The van der Waals surface area contributed by atoms with Gasteiger partial charge in [-0.15, -0.1) is 0 Å². The Balaban J connectivity index is 1.92. The molecule has 4 aromatic rings. The molecule has 3 heterocycles. The Labute approximate surface area is 138 Å². The summed E-state index contributed by atoms with van der Waals surface area (Å²) in [5, 5.41) is 4.40. The van der Waals surface area contributed by atoms with Crippen LogP contribution in [0.3, 0.4) is 0 Å². The van der Waals surface area contributed by atoms with Crippen molar-refractivity contribution in [2.24, 2.45) is 0 Å². The highest BCUT2D eigenvalue weighted by Crippen LogP contribution is 2.23. The molecule has 5 nitrogen and oxygen atoms in total. The lowest BCUT2D eigenvalue weighted by atomic mass is 10.1. The molecular formula is C19H14N4O. The van der Waals surface area contributed by atoms with Gasteiger partial charge >= 0.3 is 0 Å². The molecule has 0 saturated carbocycles. The van der Waals surface area contributed by atoms with Crippen molar-refractivity contribution in [3.05, 3.63) is 83.9 Å². The minimum Gasteiger partial charge on any atom is -0.288 e. The van der Waals surface area contributed by atoms with Crippen molar-refractivity contribution in [1.29, 1.82) is 0 Å². The normalized spacial score (nSPS) is 10.9. The molecule has 0 aliphatic heterocycles. The van der Waals surface area contributed by atoms with Gasteiger partial charge in [-0.2, -0.15) is 5.10 Å². The van der Waals surface area contributed by atoms with Gasteiger partial charge in [0, 0.05) is 29.2 Å². The van der Waals surface area contributed by atoms with E-state index < -0.39 is 0 Å². The molecule has 116 valence electrons. The molecule has 0 unspecified atom stereocenters. The van der Waals surface area contributed by atoms with Crippen LogP contribution in [0.4, 0.5) is 0 Å². The van der Waals surface area contributed by atoms with Crippen molar-refractivity contribution in [2.75, 3.05) is 0 Å². The van der Waals surface area contributed by atoms with Crippen LogP contribution in [0.5, 0.6) is 0 Å². The summed E-state index contributed by atoms with van der Waals surface area (Å²) >= 11 is 0. The number of fused-ring (bicyclic) bond motifs is 1. The van der Waals surface area contributed by atoms with Gasteiger partial charge in [0.05, 0.1) is 17.5 Å². The van der Waals surface area contributed by atoms with Crippen LogP contribution in [-0.2, 0) is 0 Å². The quantitative estimate of drug-likeness (QED) is 0.544. The van der Waals surface area contributed by atoms with Crippen molar-refractivity contribution in [1.82, 2.24) is 19.6 Å². The van der Waals surface area contributed by atoms with Crippen LogP contribution in [0, 0.1) is 6.92 Å². The number of rotatable bonds is 3. The number of nitrogens with zero attached hydrogens (tertiary/aromatic N) is 4. The summed E-state index contributed by atoms with van der Waals surface area (Å²) in [6.07, 6.45) is 5.05. The predicted molar refractivity (Wildman–Crippen MR) is 90.8 cm³/mol. The number of aryl methyl sites for hydroxylation is 1. The third kappa shape index (κ3) is 2.36. The fourth-order valence-corrected chi connectivity index (χ4v) is 2.72. The van der Waals surface area contributed by atoms with Crippen LogP contribution < -0.4 is 0 Å². The zero-order valence-corrected chi connectivity index (χ0v) is 13.0. The summed E-state index contributed by atoms with van der Waals surface area (Å²) in [6, 6.07) is 14.9. The molecule has 0 aliphatic rings. The third-order valence-corrected chi connectivity index (χ3v) is 3.86. The summed E-state index contributed by atoms with van der Waals surface area (Å²) in [4.78, 5) is 21.4. The molecule has 3 aromatic heterocycles. The summed E-state index contributed by atoms with van der Waals surface area (Å²) in [7, 11) is 0. The van der Waals surface area contributed by atoms with E-state index >= 15 is 0 Å². The predicted octanol–water partition coefficient (Wildman–Crippen LogP) is 3.33. The second kappa shape index (κ2) is 5.70. The van der Waals surface area contributed by atoms with Crippen LogP contribution >= 0.6 is 0 Å². The molecule has 0 spiro atoms. The second-order valence-corrected chi connectivity index (χ2v) is 5.51. The molecular weight excluding hydrogens is 300 g/mol. The first-order valence-corrected chi connectivity index (χ1v) is 7.59. The molecule has 0 saturated heterocycles. The zero-order valence-electron chi connectivity index (χ0n) is 13.0. The first kappa shape index (κ1) is 14.3. The van der Waals surface area contributed by atoms with E-state index in [0.29, 0.717) is 16.8 Å². The van der Waals surface area contributed by atoms with Crippen LogP contribution in [0.15, 0.2) is 67.1 Å². The van der Waals surface area contributed by atoms with Gasteiger partial charge in [-0.1, -0.05) is 30.3 Å². The van der Waals surface area contributed by atoms with Gasteiger partial charge in [0.2, 0.25) is 0 Å². The van der Waals surface area contributed by atoms with Gasteiger partial charge in [-0.05, 0) is 25.1 Å². The molecule has 0 radical (unpaired) electrons. The highest BCUT2D eigenvalue weighted by molar-refractivity contribution is 6.12. The van der Waals surface area contributed by atoms with Gasteiger partial charge in [-0.25, -0.2) is 9.50 Å². The maximum atomic E-state index is 12.8. The van der Waals surface area contributed by atoms with Crippen LogP contribution in [0.25, 0.3) is 16.9 Å². The van der Waals surface area contributed by atoms with Crippen molar-refractivity contribution < 1.29 is 4.79 Å². The lowest BCUT2D eigenvalue weighted by molar-refractivity contribution is 0.104. The standard InChI is InChI=1S/C19H14N4O/c1-13-11-17(14-7-9-20-10-8-14)23-19(22-13)16(12-21-23)18(24)15-5-3-2-4-6-15/h2-12H,1H3. The Morgan fingerprint density at radius 1 is 1.04 bits per heavy atom. The number of hydrogen-bond donors (Lipinski definition) is 0. The van der Waals surface area contributed by atoms with Crippen molar-refractivity contribution >= 4 is 11.4 Å². The average molecular weight is 314 g/mol. The number of hydrogen-bond acceptors (Lipinski definition) is 4. The molecule has 0 bridgehead atoms. The van der Waals surface area contributed by atoms with Gasteiger partial charge < -0.3 is 0 Å². The SMILES string of the molecule is Cc1cc(-c2ccncc2)n2ncc(C(=O)c3ccccc3)c2n1. The van der Waals surface area contributed by atoms with Gasteiger partial charge in [0.25, 0.3) is 0 Å². The minimum atomic E-state index is -0.0793. The van der Waals surface area contributed by atoms with E-state index in [1.807, 2.05) is 43.3 Å². The Bertz CT molecular complexity index is 1020. The van der Waals surface area contributed by atoms with Gasteiger partial charge in [-0.3, -0.25) is 9.78 Å². The molecule has 4 rings (SSSR count). The largest absolute Gasteiger partial charge is 0.288 e. The Kier molecular flexibility index (Phi) is 3.39. The lowest BCUT2D eigenvalue weighted by Crippen LogP contribution is -2.03. The van der Waals surface area contributed by atoms with E-state index in [1.54, 1.807) is 35.2 Å². The fraction of sp³-hybridized carbons (Fsp3) is 0.0526. The van der Waals surface area contributed by atoms with Crippen LogP contribution in [-0.4, -0.2) is 25.4 Å². The number of aromatic nitrogens is 4. The molecule has 0 N–H and O–H groups in total. The maximum absolute atomic E-state index is 12.8. The van der Waals surface area contributed by atoms with E-state index in [0.717, 1.165) is 17.0 Å². The second-order valence-electron chi connectivity index (χ2n) is 5.51. The minimum absolute atomic E-state index is 0.0793. The van der Waals surface area contributed by atoms with E-state index in [2.05, 4.69) is 15.1 Å². The molecule has 0 amide bonds. The Hall–Kier alpha value is -3.34. The van der Waals surface area contributed by atoms with Gasteiger partial charge in [0.15, 0.2) is 11.4 Å². The first-order valence-electron chi connectivity index (χ1n) is 7.59. The third-order valence-electron chi connectivity index (χ3n) is 3.86. The van der Waals surface area contributed by atoms with Crippen LogP contribution in [0.2, 0.25) is 0 Å². The van der Waals surface area contributed by atoms with E-state index in [9.17, 15) is 4.79 Å². The highest BCUT2D eigenvalue weighted by Gasteiger charge is 2.18. The fourth-order valence-electron chi connectivity index (χ4n) is 2.72. The molecule has 0 atom stereocenters. The average Bonchev–Trinajstić information content (AvgIpc) is 3.05. The smallest absolute Gasteiger partial charge is 0.198 e. The summed E-state index contributed by atoms with van der Waals surface area (Å²) in [5.74, 6) is -0.0793. The molecule has 5 heteroatoms. The van der Waals surface area contributed by atoms with Gasteiger partial charge in [0.1, 0.15) is 0 Å².